The van der Waals surface area contributed by atoms with E-state index in [2.05, 4.69) is 51.2 Å². The molecule has 0 aliphatic heterocycles. The number of alkyl halides is 1. The SMILES string of the molecule is CC(c1nc(CCl)cs1)N(C)Cc1csc(Br)c1. The fourth-order valence-electron chi connectivity index (χ4n) is 1.62. The number of halogens is 2. The second-order valence-electron chi connectivity index (χ2n) is 4.16. The van der Waals surface area contributed by atoms with Gasteiger partial charge in [-0.25, -0.2) is 4.98 Å². The summed E-state index contributed by atoms with van der Waals surface area (Å²) < 4.78 is 1.18. The summed E-state index contributed by atoms with van der Waals surface area (Å²) in [6.07, 6.45) is 0. The average molecular weight is 366 g/mol. The molecule has 0 saturated heterocycles. The second-order valence-corrected chi connectivity index (χ2v) is 7.61. The zero-order valence-corrected chi connectivity index (χ0v) is 14.2. The van der Waals surface area contributed by atoms with Crippen molar-refractivity contribution >= 4 is 50.2 Å². The van der Waals surface area contributed by atoms with Gasteiger partial charge in [-0.3, -0.25) is 4.90 Å². The summed E-state index contributed by atoms with van der Waals surface area (Å²) in [4.78, 5) is 6.83. The molecule has 18 heavy (non-hydrogen) atoms. The number of hydrogen-bond acceptors (Lipinski definition) is 4. The maximum atomic E-state index is 5.78. The Hall–Kier alpha value is 0.0600. The van der Waals surface area contributed by atoms with E-state index in [9.17, 15) is 0 Å². The molecule has 0 fully saturated rings. The standard InChI is InChI=1S/C12H14BrClN2S2/c1-8(12-15-10(4-14)7-18-12)16(2)5-9-3-11(13)17-6-9/h3,6-8H,4-5H2,1-2H3. The highest BCUT2D eigenvalue weighted by Crippen LogP contribution is 2.27. The maximum absolute atomic E-state index is 5.78. The van der Waals surface area contributed by atoms with Gasteiger partial charge < -0.3 is 0 Å². The van der Waals surface area contributed by atoms with E-state index in [4.69, 9.17) is 11.6 Å². The van der Waals surface area contributed by atoms with Gasteiger partial charge >= 0.3 is 0 Å². The van der Waals surface area contributed by atoms with Gasteiger partial charge in [0.1, 0.15) is 5.01 Å². The van der Waals surface area contributed by atoms with Gasteiger partial charge in [0, 0.05) is 11.9 Å². The third-order valence-corrected chi connectivity index (χ3v) is 5.67. The summed E-state index contributed by atoms with van der Waals surface area (Å²) in [5, 5.41) is 5.34. The van der Waals surface area contributed by atoms with Crippen molar-refractivity contribution in [2.45, 2.75) is 25.4 Å². The molecule has 2 aromatic rings. The first-order valence-electron chi connectivity index (χ1n) is 5.53. The van der Waals surface area contributed by atoms with Crippen molar-refractivity contribution in [3.8, 4) is 0 Å². The fraction of sp³-hybridized carbons (Fsp3) is 0.417. The normalized spacial score (nSPS) is 13.2. The molecular formula is C12H14BrClN2S2. The van der Waals surface area contributed by atoms with Crippen molar-refractivity contribution in [2.24, 2.45) is 0 Å². The van der Waals surface area contributed by atoms with Crippen LogP contribution in [0.1, 0.15) is 29.2 Å². The van der Waals surface area contributed by atoms with Gasteiger partial charge in [-0.2, -0.15) is 0 Å². The zero-order chi connectivity index (χ0) is 13.1. The summed E-state index contributed by atoms with van der Waals surface area (Å²) in [6.45, 7) is 3.11. The summed E-state index contributed by atoms with van der Waals surface area (Å²) in [5.41, 5.74) is 2.30. The number of thiophene rings is 1. The lowest BCUT2D eigenvalue weighted by molar-refractivity contribution is 0.252. The van der Waals surface area contributed by atoms with E-state index >= 15 is 0 Å². The molecule has 2 rings (SSSR count). The molecule has 6 heteroatoms. The Morgan fingerprint density at radius 1 is 1.44 bits per heavy atom. The van der Waals surface area contributed by atoms with E-state index in [1.165, 1.54) is 9.35 Å². The van der Waals surface area contributed by atoms with Crippen LogP contribution in [0.3, 0.4) is 0 Å². The first-order chi connectivity index (χ1) is 8.60. The van der Waals surface area contributed by atoms with Gasteiger partial charge in [-0.1, -0.05) is 0 Å². The number of aromatic nitrogens is 1. The van der Waals surface area contributed by atoms with E-state index in [0.29, 0.717) is 11.9 Å². The summed E-state index contributed by atoms with van der Waals surface area (Å²) in [6, 6.07) is 2.48. The first-order valence-corrected chi connectivity index (χ1v) is 8.62. The van der Waals surface area contributed by atoms with E-state index in [1.807, 2.05) is 5.38 Å². The number of rotatable bonds is 5. The van der Waals surface area contributed by atoms with Gasteiger partial charge in [0.05, 0.1) is 21.4 Å². The minimum atomic E-state index is 0.311. The van der Waals surface area contributed by atoms with Crippen molar-refractivity contribution in [1.82, 2.24) is 9.88 Å². The predicted octanol–water partition coefficient (Wildman–Crippen LogP) is 4.90. The van der Waals surface area contributed by atoms with Crippen LogP contribution in [-0.4, -0.2) is 16.9 Å². The van der Waals surface area contributed by atoms with E-state index < -0.39 is 0 Å². The Bertz CT molecular complexity index is 512. The molecule has 2 heterocycles. The molecule has 1 atom stereocenters. The van der Waals surface area contributed by atoms with Crippen molar-refractivity contribution in [1.29, 1.82) is 0 Å². The predicted molar refractivity (Wildman–Crippen MR) is 83.6 cm³/mol. The fourth-order valence-corrected chi connectivity index (χ4v) is 3.99. The Morgan fingerprint density at radius 2 is 2.22 bits per heavy atom. The maximum Gasteiger partial charge on any atom is 0.110 e. The van der Waals surface area contributed by atoms with Crippen molar-refractivity contribution < 1.29 is 0 Å². The molecule has 2 aromatic heterocycles. The van der Waals surface area contributed by atoms with Gasteiger partial charge in [0.25, 0.3) is 0 Å². The molecule has 0 aliphatic carbocycles. The Morgan fingerprint density at radius 3 is 2.78 bits per heavy atom. The smallest absolute Gasteiger partial charge is 0.110 e. The van der Waals surface area contributed by atoms with Gasteiger partial charge in [-0.15, -0.1) is 34.3 Å². The van der Waals surface area contributed by atoms with Crippen LogP contribution in [0.4, 0.5) is 0 Å². The second kappa shape index (κ2) is 6.48. The molecule has 0 aromatic carbocycles. The van der Waals surface area contributed by atoms with Gasteiger partial charge in [-0.05, 0) is 46.9 Å². The summed E-state index contributed by atoms with van der Waals surface area (Å²) in [5.74, 6) is 0.490. The molecule has 0 bridgehead atoms. The van der Waals surface area contributed by atoms with Crippen LogP contribution >= 0.6 is 50.2 Å². The third kappa shape index (κ3) is 3.54. The summed E-state index contributed by atoms with van der Waals surface area (Å²) in [7, 11) is 2.12. The van der Waals surface area contributed by atoms with Crippen LogP contribution < -0.4 is 0 Å². The molecular weight excluding hydrogens is 352 g/mol. The Labute approximate surface area is 129 Å². The topological polar surface area (TPSA) is 16.1 Å². The zero-order valence-electron chi connectivity index (χ0n) is 10.2. The Kier molecular flexibility index (Phi) is 5.21. The van der Waals surface area contributed by atoms with Crippen LogP contribution in [-0.2, 0) is 12.4 Å². The van der Waals surface area contributed by atoms with Crippen molar-refractivity contribution in [3.05, 3.63) is 36.9 Å². The molecule has 0 N–H and O–H groups in total. The molecule has 0 saturated carbocycles. The lowest BCUT2D eigenvalue weighted by atomic mass is 10.2. The average Bonchev–Trinajstić information content (AvgIpc) is 2.97. The van der Waals surface area contributed by atoms with Crippen LogP contribution in [0, 0.1) is 0 Å². The highest BCUT2D eigenvalue weighted by Gasteiger charge is 2.16. The van der Waals surface area contributed by atoms with Gasteiger partial charge in [0.2, 0.25) is 0 Å². The van der Waals surface area contributed by atoms with Crippen LogP contribution in [0.25, 0.3) is 0 Å². The summed E-state index contributed by atoms with van der Waals surface area (Å²) >= 11 is 12.7. The van der Waals surface area contributed by atoms with E-state index in [1.54, 1.807) is 22.7 Å². The first kappa shape index (κ1) is 14.5. The molecule has 0 amide bonds. The van der Waals surface area contributed by atoms with Crippen LogP contribution in [0.15, 0.2) is 20.6 Å². The largest absolute Gasteiger partial charge is 0.293 e. The quantitative estimate of drug-likeness (QED) is 0.701. The molecule has 98 valence electrons. The molecule has 1 unspecified atom stereocenters. The molecule has 0 spiro atoms. The van der Waals surface area contributed by atoms with E-state index in [-0.39, 0.29) is 0 Å². The minimum absolute atomic E-state index is 0.311. The van der Waals surface area contributed by atoms with Crippen molar-refractivity contribution in [3.63, 3.8) is 0 Å². The minimum Gasteiger partial charge on any atom is -0.293 e. The van der Waals surface area contributed by atoms with Crippen molar-refractivity contribution in [2.75, 3.05) is 7.05 Å². The lowest BCUT2D eigenvalue weighted by Crippen LogP contribution is -2.21. The van der Waals surface area contributed by atoms with Gasteiger partial charge in [0.15, 0.2) is 0 Å². The van der Waals surface area contributed by atoms with Crippen LogP contribution in [0.5, 0.6) is 0 Å². The highest BCUT2D eigenvalue weighted by atomic mass is 79.9. The lowest BCUT2D eigenvalue weighted by Gasteiger charge is -2.22. The third-order valence-electron chi connectivity index (χ3n) is 2.78. The van der Waals surface area contributed by atoms with E-state index in [0.717, 1.165) is 17.2 Å². The monoisotopic (exact) mass is 364 g/mol. The Balaban J connectivity index is 2.01. The molecule has 2 nitrogen and oxygen atoms in total. The number of thiazole rings is 1. The number of hydrogen-bond donors (Lipinski definition) is 0. The molecule has 0 aliphatic rings. The molecule has 0 radical (unpaired) electrons. The van der Waals surface area contributed by atoms with Crippen LogP contribution in [0.2, 0.25) is 0 Å². The highest BCUT2D eigenvalue weighted by molar-refractivity contribution is 9.11. The number of nitrogens with zero attached hydrogens (tertiary/aromatic N) is 2.